The van der Waals surface area contributed by atoms with Crippen LogP contribution in [0.1, 0.15) is 12.5 Å². The van der Waals surface area contributed by atoms with Gasteiger partial charge in [-0.25, -0.2) is 4.79 Å². The Bertz CT molecular complexity index is 852. The van der Waals surface area contributed by atoms with Crippen molar-refractivity contribution in [2.24, 2.45) is 0 Å². The molecule has 2 aromatic carbocycles. The van der Waals surface area contributed by atoms with Gasteiger partial charge in [0, 0.05) is 6.54 Å². The highest BCUT2D eigenvalue weighted by Gasteiger charge is 2.19. The highest BCUT2D eigenvalue weighted by atomic mass is 16.7. The number of fused-ring (bicyclic) bond motifs is 1. The summed E-state index contributed by atoms with van der Waals surface area (Å²) in [6, 6.07) is 12.3. The van der Waals surface area contributed by atoms with Gasteiger partial charge in [-0.15, -0.1) is 0 Å². The van der Waals surface area contributed by atoms with Crippen molar-refractivity contribution in [2.45, 2.75) is 19.6 Å². The molecule has 0 aliphatic carbocycles. The Morgan fingerprint density at radius 2 is 1.86 bits per heavy atom. The van der Waals surface area contributed by atoms with Crippen LogP contribution in [0.15, 0.2) is 42.5 Å². The smallest absolute Gasteiger partial charge is 0.344 e. The van der Waals surface area contributed by atoms with Crippen LogP contribution < -0.4 is 24.3 Å². The predicted molar refractivity (Wildman–Crippen MR) is 98.5 cm³/mol. The SMILES string of the molecule is COc1ccccc1OCC(=O)O[C@H](C)C(=O)NCc1ccc2c(c1)OCO2. The number of para-hydroxylation sites is 2. The molecule has 1 aliphatic rings. The van der Waals surface area contributed by atoms with Gasteiger partial charge in [-0.05, 0) is 36.8 Å². The Kier molecular flexibility index (Phi) is 6.21. The topological polar surface area (TPSA) is 92.3 Å². The lowest BCUT2D eigenvalue weighted by atomic mass is 10.2. The number of carbonyl (C=O) groups excluding carboxylic acids is 2. The van der Waals surface area contributed by atoms with Crippen molar-refractivity contribution in [1.29, 1.82) is 0 Å². The normalized spacial score (nSPS) is 12.8. The van der Waals surface area contributed by atoms with Crippen molar-refractivity contribution >= 4 is 11.9 Å². The molecule has 8 heteroatoms. The fourth-order valence-electron chi connectivity index (χ4n) is 2.54. The van der Waals surface area contributed by atoms with Gasteiger partial charge in [-0.1, -0.05) is 18.2 Å². The fourth-order valence-corrected chi connectivity index (χ4v) is 2.54. The van der Waals surface area contributed by atoms with Crippen LogP contribution in [0.2, 0.25) is 0 Å². The zero-order valence-electron chi connectivity index (χ0n) is 15.6. The van der Waals surface area contributed by atoms with E-state index in [1.165, 1.54) is 14.0 Å². The van der Waals surface area contributed by atoms with Crippen molar-refractivity contribution < 1.29 is 33.3 Å². The van der Waals surface area contributed by atoms with Crippen molar-refractivity contribution in [3.8, 4) is 23.0 Å². The van der Waals surface area contributed by atoms with Crippen molar-refractivity contribution in [1.82, 2.24) is 5.32 Å². The van der Waals surface area contributed by atoms with Crippen LogP contribution in [-0.2, 0) is 20.9 Å². The number of benzene rings is 2. The molecule has 28 heavy (non-hydrogen) atoms. The summed E-state index contributed by atoms with van der Waals surface area (Å²) in [6.45, 7) is 1.63. The maximum atomic E-state index is 12.2. The van der Waals surface area contributed by atoms with Crippen LogP contribution in [0.25, 0.3) is 0 Å². The predicted octanol–water partition coefficient (Wildman–Crippen LogP) is 2.05. The molecule has 8 nitrogen and oxygen atoms in total. The number of hydrogen-bond donors (Lipinski definition) is 1. The second kappa shape index (κ2) is 8.98. The minimum absolute atomic E-state index is 0.190. The molecule has 0 unspecified atom stereocenters. The maximum Gasteiger partial charge on any atom is 0.344 e. The molecule has 1 N–H and O–H groups in total. The monoisotopic (exact) mass is 387 g/mol. The van der Waals surface area contributed by atoms with E-state index in [1.807, 2.05) is 6.07 Å². The lowest BCUT2D eigenvalue weighted by molar-refractivity contribution is -0.156. The molecule has 1 heterocycles. The van der Waals surface area contributed by atoms with E-state index >= 15 is 0 Å². The molecule has 1 aliphatic heterocycles. The van der Waals surface area contributed by atoms with Crippen LogP contribution in [0.5, 0.6) is 23.0 Å². The van der Waals surface area contributed by atoms with Crippen molar-refractivity contribution in [3.05, 3.63) is 48.0 Å². The molecule has 0 bridgehead atoms. The summed E-state index contributed by atoms with van der Waals surface area (Å²) in [4.78, 5) is 24.1. The standard InChI is InChI=1S/C20H21NO7/c1-13(28-19(22)11-25-16-6-4-3-5-15(16)24-2)20(23)21-10-14-7-8-17-18(9-14)27-12-26-17/h3-9,13H,10-12H2,1-2H3,(H,21,23)/t13-/m1/s1. The first kappa shape index (κ1) is 19.3. The molecule has 1 amide bonds. The van der Waals surface area contributed by atoms with Crippen LogP contribution >= 0.6 is 0 Å². The number of methoxy groups -OCH3 is 1. The number of esters is 1. The van der Waals surface area contributed by atoms with Gasteiger partial charge in [0.05, 0.1) is 7.11 Å². The van der Waals surface area contributed by atoms with Gasteiger partial charge in [0.15, 0.2) is 35.7 Å². The van der Waals surface area contributed by atoms with Gasteiger partial charge in [0.1, 0.15) is 0 Å². The van der Waals surface area contributed by atoms with E-state index in [-0.39, 0.29) is 19.9 Å². The molecule has 0 aromatic heterocycles. The minimum Gasteiger partial charge on any atom is -0.493 e. The van der Waals surface area contributed by atoms with Crippen LogP contribution in [0, 0.1) is 0 Å². The summed E-state index contributed by atoms with van der Waals surface area (Å²) in [6.07, 6.45) is -0.956. The minimum atomic E-state index is -0.956. The second-order valence-electron chi connectivity index (χ2n) is 5.98. The molecule has 0 saturated carbocycles. The first-order valence-corrected chi connectivity index (χ1v) is 8.68. The Morgan fingerprint density at radius 1 is 1.11 bits per heavy atom. The third-order valence-electron chi connectivity index (χ3n) is 4.00. The molecule has 0 spiro atoms. The van der Waals surface area contributed by atoms with Gasteiger partial charge in [-0.3, -0.25) is 4.79 Å². The maximum absolute atomic E-state index is 12.2. The number of ether oxygens (including phenoxy) is 5. The van der Waals surface area contributed by atoms with Crippen LogP contribution in [0.4, 0.5) is 0 Å². The summed E-state index contributed by atoms with van der Waals surface area (Å²) in [7, 11) is 1.51. The molecular formula is C20H21NO7. The van der Waals surface area contributed by atoms with Gasteiger partial charge in [-0.2, -0.15) is 0 Å². The first-order valence-electron chi connectivity index (χ1n) is 8.68. The third-order valence-corrected chi connectivity index (χ3v) is 4.00. The van der Waals surface area contributed by atoms with Gasteiger partial charge in [0.25, 0.3) is 5.91 Å². The summed E-state index contributed by atoms with van der Waals surface area (Å²) < 4.78 is 26.2. The summed E-state index contributed by atoms with van der Waals surface area (Å²) >= 11 is 0. The van der Waals surface area contributed by atoms with E-state index in [0.29, 0.717) is 23.0 Å². The molecule has 3 rings (SSSR count). The quantitative estimate of drug-likeness (QED) is 0.693. The average molecular weight is 387 g/mol. The van der Waals surface area contributed by atoms with E-state index in [1.54, 1.807) is 36.4 Å². The van der Waals surface area contributed by atoms with Crippen LogP contribution in [0.3, 0.4) is 0 Å². The van der Waals surface area contributed by atoms with Crippen molar-refractivity contribution in [2.75, 3.05) is 20.5 Å². The van der Waals surface area contributed by atoms with E-state index < -0.39 is 18.0 Å². The lowest BCUT2D eigenvalue weighted by Crippen LogP contribution is -2.36. The summed E-state index contributed by atoms with van der Waals surface area (Å²) in [5, 5.41) is 2.71. The molecular weight excluding hydrogens is 366 g/mol. The highest BCUT2D eigenvalue weighted by Crippen LogP contribution is 2.32. The lowest BCUT2D eigenvalue weighted by Gasteiger charge is -2.14. The zero-order chi connectivity index (χ0) is 19.9. The van der Waals surface area contributed by atoms with E-state index in [4.69, 9.17) is 23.7 Å². The Morgan fingerprint density at radius 3 is 2.64 bits per heavy atom. The number of rotatable bonds is 8. The molecule has 0 fully saturated rings. The number of hydrogen-bond acceptors (Lipinski definition) is 7. The van der Waals surface area contributed by atoms with E-state index in [0.717, 1.165) is 5.56 Å². The molecule has 1 atom stereocenters. The highest BCUT2D eigenvalue weighted by molar-refractivity contribution is 5.83. The Balaban J connectivity index is 1.44. The molecule has 0 saturated heterocycles. The second-order valence-corrected chi connectivity index (χ2v) is 5.98. The Labute approximate surface area is 162 Å². The summed E-state index contributed by atoms with van der Waals surface area (Å²) in [5.74, 6) is 1.17. The van der Waals surface area contributed by atoms with E-state index in [9.17, 15) is 9.59 Å². The fraction of sp³-hybridized carbons (Fsp3) is 0.300. The van der Waals surface area contributed by atoms with Gasteiger partial charge in [0.2, 0.25) is 6.79 Å². The number of nitrogens with one attached hydrogen (secondary N) is 1. The van der Waals surface area contributed by atoms with Gasteiger partial charge >= 0.3 is 5.97 Å². The average Bonchev–Trinajstić information content (AvgIpc) is 3.18. The first-order chi connectivity index (χ1) is 13.6. The zero-order valence-corrected chi connectivity index (χ0v) is 15.6. The van der Waals surface area contributed by atoms with Crippen LogP contribution in [-0.4, -0.2) is 38.5 Å². The number of carbonyl (C=O) groups is 2. The molecule has 2 aromatic rings. The third kappa shape index (κ3) is 4.85. The molecule has 148 valence electrons. The summed E-state index contributed by atoms with van der Waals surface area (Å²) in [5.41, 5.74) is 0.843. The molecule has 0 radical (unpaired) electrons. The Hall–Kier alpha value is -3.42. The van der Waals surface area contributed by atoms with Crippen molar-refractivity contribution in [3.63, 3.8) is 0 Å². The van der Waals surface area contributed by atoms with Gasteiger partial charge < -0.3 is 29.0 Å². The largest absolute Gasteiger partial charge is 0.493 e. The number of amides is 1. The van der Waals surface area contributed by atoms with E-state index in [2.05, 4.69) is 5.32 Å².